The van der Waals surface area contributed by atoms with Crippen LogP contribution in [0.3, 0.4) is 0 Å². The van der Waals surface area contributed by atoms with Gasteiger partial charge in [0.25, 0.3) is 5.91 Å². The van der Waals surface area contributed by atoms with Gasteiger partial charge < -0.3 is 19.9 Å². The van der Waals surface area contributed by atoms with Gasteiger partial charge in [0.15, 0.2) is 0 Å². The van der Waals surface area contributed by atoms with E-state index in [1.165, 1.54) is 24.3 Å². The second-order valence-electron chi connectivity index (χ2n) is 7.25. The second-order valence-corrected chi connectivity index (χ2v) is 7.25. The highest BCUT2D eigenvalue weighted by Crippen LogP contribution is 2.35. The first-order chi connectivity index (χ1) is 14.4. The van der Waals surface area contributed by atoms with Gasteiger partial charge in [-0.05, 0) is 30.7 Å². The van der Waals surface area contributed by atoms with Crippen LogP contribution in [0.4, 0.5) is 18.0 Å². The average Bonchev–Trinajstić information content (AvgIpc) is 2.95. The first-order valence-corrected chi connectivity index (χ1v) is 9.64. The molecule has 2 heterocycles. The molecule has 6 nitrogen and oxygen atoms in total. The van der Waals surface area contributed by atoms with Crippen LogP contribution < -0.4 is 10.1 Å². The number of fused-ring (bicyclic) bond motifs is 1. The lowest BCUT2D eigenvalue weighted by Gasteiger charge is -2.24. The van der Waals surface area contributed by atoms with E-state index in [1.807, 2.05) is 0 Å². The number of ether oxygens (including phenoxy) is 1. The number of nitrogens with one attached hydrogen (secondary N) is 1. The monoisotopic (exact) mass is 419 g/mol. The van der Waals surface area contributed by atoms with Gasteiger partial charge >= 0.3 is 6.03 Å². The quantitative estimate of drug-likeness (QED) is 0.814. The molecular weight excluding hydrogens is 399 g/mol. The minimum atomic E-state index is -0.764. The summed E-state index contributed by atoms with van der Waals surface area (Å²) in [5.41, 5.74) is 0.518. The third-order valence-corrected chi connectivity index (χ3v) is 5.27. The van der Waals surface area contributed by atoms with Gasteiger partial charge in [0.05, 0.1) is 11.6 Å². The van der Waals surface area contributed by atoms with Gasteiger partial charge in [-0.2, -0.15) is 0 Å². The summed E-state index contributed by atoms with van der Waals surface area (Å²) >= 11 is 0. The van der Waals surface area contributed by atoms with E-state index in [0.717, 1.165) is 12.1 Å². The molecule has 0 saturated carbocycles. The smallest absolute Gasteiger partial charge is 0.318 e. The molecule has 0 spiro atoms. The summed E-state index contributed by atoms with van der Waals surface area (Å²) in [4.78, 5) is 28.5. The van der Waals surface area contributed by atoms with Crippen LogP contribution in [-0.2, 0) is 0 Å². The molecule has 3 amide bonds. The van der Waals surface area contributed by atoms with Gasteiger partial charge in [0.2, 0.25) is 0 Å². The Kier molecular flexibility index (Phi) is 5.52. The number of carbonyl (C=O) groups excluding carboxylic acids is 2. The molecule has 0 aliphatic carbocycles. The van der Waals surface area contributed by atoms with E-state index >= 15 is 0 Å². The molecule has 0 aromatic heterocycles. The molecule has 1 saturated heterocycles. The van der Waals surface area contributed by atoms with Gasteiger partial charge in [-0.3, -0.25) is 4.79 Å². The Hall–Kier alpha value is -3.23. The first-order valence-electron chi connectivity index (χ1n) is 9.64. The highest BCUT2D eigenvalue weighted by atomic mass is 19.1. The predicted octanol–water partition coefficient (Wildman–Crippen LogP) is 3.10. The number of benzene rings is 2. The fourth-order valence-corrected chi connectivity index (χ4v) is 3.73. The summed E-state index contributed by atoms with van der Waals surface area (Å²) in [6.45, 7) is 1.52. The zero-order valence-electron chi connectivity index (χ0n) is 16.0. The van der Waals surface area contributed by atoms with Crippen LogP contribution in [-0.4, -0.2) is 54.5 Å². The third kappa shape index (κ3) is 4.05. The first kappa shape index (κ1) is 20.1. The molecule has 158 valence electrons. The number of carbonyl (C=O) groups is 2. The van der Waals surface area contributed by atoms with Crippen molar-refractivity contribution in [2.45, 2.75) is 12.5 Å². The minimum Gasteiger partial charge on any atom is -0.490 e. The van der Waals surface area contributed by atoms with E-state index in [1.54, 1.807) is 9.80 Å². The Morgan fingerprint density at radius 1 is 0.933 bits per heavy atom. The van der Waals surface area contributed by atoms with E-state index in [-0.39, 0.29) is 23.8 Å². The Morgan fingerprint density at radius 3 is 2.40 bits per heavy atom. The van der Waals surface area contributed by atoms with Gasteiger partial charge in [-0.1, -0.05) is 0 Å². The molecule has 1 atom stereocenters. The summed E-state index contributed by atoms with van der Waals surface area (Å²) in [6, 6.07) is 6.07. The topological polar surface area (TPSA) is 61.9 Å². The number of halogens is 3. The van der Waals surface area contributed by atoms with Gasteiger partial charge in [0.1, 0.15) is 29.8 Å². The summed E-state index contributed by atoms with van der Waals surface area (Å²) in [5.74, 6) is -2.05. The van der Waals surface area contributed by atoms with Crippen LogP contribution in [0.15, 0.2) is 36.4 Å². The lowest BCUT2D eigenvalue weighted by atomic mass is 10.1. The predicted molar refractivity (Wildman–Crippen MR) is 102 cm³/mol. The lowest BCUT2D eigenvalue weighted by Crippen LogP contribution is -2.44. The molecule has 2 aromatic carbocycles. The van der Waals surface area contributed by atoms with Crippen LogP contribution in [0.1, 0.15) is 28.4 Å². The van der Waals surface area contributed by atoms with Gasteiger partial charge in [-0.25, -0.2) is 18.0 Å². The summed E-state index contributed by atoms with van der Waals surface area (Å²) < 4.78 is 45.8. The molecule has 1 unspecified atom stereocenters. The summed E-state index contributed by atoms with van der Waals surface area (Å²) in [7, 11) is 0. The molecule has 30 heavy (non-hydrogen) atoms. The Balaban J connectivity index is 1.38. The zero-order valence-corrected chi connectivity index (χ0v) is 16.0. The van der Waals surface area contributed by atoms with E-state index < -0.39 is 29.5 Å². The summed E-state index contributed by atoms with van der Waals surface area (Å²) in [6.07, 6.45) is 0.567. The van der Waals surface area contributed by atoms with Crippen LogP contribution in [0.2, 0.25) is 0 Å². The summed E-state index contributed by atoms with van der Waals surface area (Å²) in [5, 5.41) is 2.73. The molecule has 2 aliphatic heterocycles. The highest BCUT2D eigenvalue weighted by molar-refractivity contribution is 5.94. The fraction of sp³-hybridized carbons (Fsp3) is 0.333. The number of rotatable bonds is 2. The Labute approximate surface area is 171 Å². The number of amides is 3. The second kappa shape index (κ2) is 8.25. The number of hydrogen-bond acceptors (Lipinski definition) is 3. The zero-order chi connectivity index (χ0) is 21.3. The van der Waals surface area contributed by atoms with Crippen molar-refractivity contribution < 1.29 is 27.5 Å². The van der Waals surface area contributed by atoms with Crippen molar-refractivity contribution in [2.75, 3.05) is 32.8 Å². The van der Waals surface area contributed by atoms with Crippen molar-refractivity contribution in [3.63, 3.8) is 0 Å². The normalized spacial score (nSPS) is 18.4. The van der Waals surface area contributed by atoms with Crippen molar-refractivity contribution in [3.05, 3.63) is 65.0 Å². The molecular formula is C21H20F3N3O3. The maximum Gasteiger partial charge on any atom is 0.318 e. The lowest BCUT2D eigenvalue weighted by molar-refractivity contribution is 0.0762. The Morgan fingerprint density at radius 2 is 1.63 bits per heavy atom. The van der Waals surface area contributed by atoms with Crippen molar-refractivity contribution in [1.29, 1.82) is 0 Å². The van der Waals surface area contributed by atoms with Crippen LogP contribution in [0.5, 0.6) is 5.75 Å². The van der Waals surface area contributed by atoms with E-state index in [2.05, 4.69) is 5.32 Å². The van der Waals surface area contributed by atoms with Crippen LogP contribution >= 0.6 is 0 Å². The molecule has 0 bridgehead atoms. The largest absolute Gasteiger partial charge is 0.490 e. The Bertz CT molecular complexity index is 968. The maximum absolute atomic E-state index is 14.1. The standard InChI is InChI=1S/C21H20F3N3O3/c22-14-4-2-13(3-5-14)20(28)26-6-1-7-27(9-8-26)21(29)25-17-12-30-18-11-15(23)10-16(24)19(17)18/h2-5,10-11,17H,1,6-9,12H2,(H,25,29). The molecule has 4 rings (SSSR count). The van der Waals surface area contributed by atoms with Crippen molar-refractivity contribution in [1.82, 2.24) is 15.1 Å². The van der Waals surface area contributed by atoms with Crippen molar-refractivity contribution in [2.24, 2.45) is 0 Å². The van der Waals surface area contributed by atoms with E-state index in [9.17, 15) is 22.8 Å². The number of hydrogen-bond donors (Lipinski definition) is 1. The molecule has 2 aromatic rings. The molecule has 0 radical (unpaired) electrons. The van der Waals surface area contributed by atoms with Crippen LogP contribution in [0.25, 0.3) is 0 Å². The third-order valence-electron chi connectivity index (χ3n) is 5.27. The van der Waals surface area contributed by atoms with E-state index in [0.29, 0.717) is 38.2 Å². The van der Waals surface area contributed by atoms with Gasteiger partial charge in [-0.15, -0.1) is 0 Å². The molecule has 9 heteroatoms. The number of urea groups is 1. The average molecular weight is 419 g/mol. The molecule has 1 fully saturated rings. The SMILES string of the molecule is O=C(NC1COc2cc(F)cc(F)c21)N1CCCN(C(=O)c2ccc(F)cc2)CC1. The minimum absolute atomic E-state index is 0.0183. The number of nitrogens with zero attached hydrogens (tertiary/aromatic N) is 2. The van der Waals surface area contributed by atoms with Crippen LogP contribution in [0, 0.1) is 17.5 Å². The fourth-order valence-electron chi connectivity index (χ4n) is 3.73. The van der Waals surface area contributed by atoms with Gasteiger partial charge in [0, 0.05) is 43.9 Å². The van der Waals surface area contributed by atoms with Crippen molar-refractivity contribution >= 4 is 11.9 Å². The van der Waals surface area contributed by atoms with E-state index in [4.69, 9.17) is 4.74 Å². The maximum atomic E-state index is 14.1. The molecule has 2 aliphatic rings. The highest BCUT2D eigenvalue weighted by Gasteiger charge is 2.32. The molecule has 1 N–H and O–H groups in total. The van der Waals surface area contributed by atoms with Crippen molar-refractivity contribution in [3.8, 4) is 5.75 Å².